The lowest BCUT2D eigenvalue weighted by Crippen LogP contribution is -2.25. The fraction of sp³-hybridized carbons (Fsp3) is 0.200. The maximum Gasteiger partial charge on any atom is 0.240 e. The molecule has 0 saturated heterocycles. The van der Waals surface area contributed by atoms with Crippen LogP contribution in [0.1, 0.15) is 11.5 Å². The minimum absolute atomic E-state index is 0.0330. The second-order valence-corrected chi connectivity index (χ2v) is 8.16. The van der Waals surface area contributed by atoms with Crippen molar-refractivity contribution in [3.63, 3.8) is 0 Å². The number of hydrogen-bond acceptors (Lipinski definition) is 5. The number of benzene rings is 2. The highest BCUT2D eigenvalue weighted by atomic mass is 32.2. The van der Waals surface area contributed by atoms with Crippen LogP contribution in [0.3, 0.4) is 0 Å². The fourth-order valence-corrected chi connectivity index (χ4v) is 3.60. The first-order valence-corrected chi connectivity index (χ1v) is 10.0. The minimum Gasteiger partial charge on any atom is -0.363 e. The molecular weight excluding hydrogens is 360 g/mol. The van der Waals surface area contributed by atoms with Gasteiger partial charge < -0.3 is 4.90 Å². The lowest BCUT2D eigenvalue weighted by Gasteiger charge is -2.13. The SMILES string of the molecule is Cc1cc(N(C)C)nc(CNS(=O)(=O)c2ccc(-c3ccccc3)cc2)n1. The molecule has 7 heteroatoms. The Bertz CT molecular complexity index is 1020. The van der Waals surface area contributed by atoms with Crippen molar-refractivity contribution in [3.8, 4) is 11.1 Å². The van der Waals surface area contributed by atoms with E-state index >= 15 is 0 Å². The Morgan fingerprint density at radius 2 is 1.56 bits per heavy atom. The van der Waals surface area contributed by atoms with E-state index < -0.39 is 10.0 Å². The van der Waals surface area contributed by atoms with Gasteiger partial charge in [0.15, 0.2) is 0 Å². The van der Waals surface area contributed by atoms with E-state index in [1.165, 1.54) is 0 Å². The molecule has 0 aliphatic heterocycles. The van der Waals surface area contributed by atoms with Gasteiger partial charge in [0.25, 0.3) is 0 Å². The summed E-state index contributed by atoms with van der Waals surface area (Å²) in [6.07, 6.45) is 0. The molecule has 1 aromatic heterocycles. The maximum atomic E-state index is 12.6. The van der Waals surface area contributed by atoms with Crippen molar-refractivity contribution < 1.29 is 8.42 Å². The van der Waals surface area contributed by atoms with Gasteiger partial charge in [0.05, 0.1) is 11.4 Å². The van der Waals surface area contributed by atoms with Crippen LogP contribution in [0.5, 0.6) is 0 Å². The van der Waals surface area contributed by atoms with Gasteiger partial charge in [-0.25, -0.2) is 23.1 Å². The molecule has 1 N–H and O–H groups in total. The zero-order chi connectivity index (χ0) is 19.4. The summed E-state index contributed by atoms with van der Waals surface area (Å²) in [6, 6.07) is 18.5. The summed E-state index contributed by atoms with van der Waals surface area (Å²) in [5.41, 5.74) is 2.79. The quantitative estimate of drug-likeness (QED) is 0.709. The van der Waals surface area contributed by atoms with E-state index in [9.17, 15) is 8.42 Å². The lowest BCUT2D eigenvalue weighted by molar-refractivity contribution is 0.579. The molecule has 0 unspecified atom stereocenters. The summed E-state index contributed by atoms with van der Waals surface area (Å²) in [5, 5.41) is 0. The molecule has 0 spiro atoms. The van der Waals surface area contributed by atoms with Crippen LogP contribution in [0.15, 0.2) is 65.6 Å². The molecule has 140 valence electrons. The highest BCUT2D eigenvalue weighted by Gasteiger charge is 2.15. The van der Waals surface area contributed by atoms with E-state index in [2.05, 4.69) is 14.7 Å². The van der Waals surface area contributed by atoms with Gasteiger partial charge in [0.2, 0.25) is 10.0 Å². The second kappa shape index (κ2) is 7.85. The highest BCUT2D eigenvalue weighted by Crippen LogP contribution is 2.21. The Morgan fingerprint density at radius 1 is 0.926 bits per heavy atom. The van der Waals surface area contributed by atoms with Crippen molar-refractivity contribution in [2.75, 3.05) is 19.0 Å². The molecule has 6 nitrogen and oxygen atoms in total. The average molecular weight is 382 g/mol. The number of hydrogen-bond donors (Lipinski definition) is 1. The predicted octanol–water partition coefficient (Wildman–Crippen LogP) is 3.00. The molecule has 0 aliphatic rings. The topological polar surface area (TPSA) is 75.2 Å². The summed E-state index contributed by atoms with van der Waals surface area (Å²) < 4.78 is 27.7. The molecule has 2 aromatic carbocycles. The third-order valence-corrected chi connectivity index (χ3v) is 5.45. The van der Waals surface area contributed by atoms with Crippen LogP contribution in [-0.4, -0.2) is 32.5 Å². The molecule has 0 aliphatic carbocycles. The van der Waals surface area contributed by atoms with Gasteiger partial charge in [0, 0.05) is 25.9 Å². The molecule has 0 amide bonds. The molecule has 3 rings (SSSR count). The molecular formula is C20H22N4O2S. The van der Waals surface area contributed by atoms with E-state index in [0.29, 0.717) is 5.82 Å². The summed E-state index contributed by atoms with van der Waals surface area (Å²) in [7, 11) is 0.111. The molecule has 27 heavy (non-hydrogen) atoms. The van der Waals surface area contributed by atoms with Crippen LogP contribution in [0.2, 0.25) is 0 Å². The molecule has 0 atom stereocenters. The van der Waals surface area contributed by atoms with Crippen molar-refractivity contribution in [2.45, 2.75) is 18.4 Å². The Hall–Kier alpha value is -2.77. The molecule has 0 radical (unpaired) electrons. The number of aromatic nitrogens is 2. The lowest BCUT2D eigenvalue weighted by atomic mass is 10.1. The van der Waals surface area contributed by atoms with Crippen LogP contribution >= 0.6 is 0 Å². The van der Waals surface area contributed by atoms with Gasteiger partial charge >= 0.3 is 0 Å². The van der Waals surface area contributed by atoms with Crippen LogP contribution < -0.4 is 9.62 Å². The number of rotatable bonds is 6. The van der Waals surface area contributed by atoms with Crippen LogP contribution in [0.4, 0.5) is 5.82 Å². The van der Waals surface area contributed by atoms with Crippen molar-refractivity contribution >= 4 is 15.8 Å². The number of nitrogens with zero attached hydrogens (tertiary/aromatic N) is 3. The van der Waals surface area contributed by atoms with Gasteiger partial charge in [-0.3, -0.25) is 0 Å². The van der Waals surface area contributed by atoms with E-state index in [-0.39, 0.29) is 11.4 Å². The Labute approximate surface area is 160 Å². The van der Waals surface area contributed by atoms with Crippen LogP contribution in [0, 0.1) is 6.92 Å². The maximum absolute atomic E-state index is 12.6. The molecule has 3 aromatic rings. The van der Waals surface area contributed by atoms with Gasteiger partial charge in [0.1, 0.15) is 11.6 Å². The smallest absolute Gasteiger partial charge is 0.240 e. The van der Waals surface area contributed by atoms with Crippen molar-refractivity contribution in [1.82, 2.24) is 14.7 Å². The minimum atomic E-state index is -3.65. The summed E-state index contributed by atoms with van der Waals surface area (Å²) in [5.74, 6) is 1.17. The summed E-state index contributed by atoms with van der Waals surface area (Å²) >= 11 is 0. The Kier molecular flexibility index (Phi) is 5.53. The fourth-order valence-electron chi connectivity index (χ4n) is 2.62. The van der Waals surface area contributed by atoms with Crippen molar-refractivity contribution in [1.29, 1.82) is 0 Å². The van der Waals surface area contributed by atoms with E-state index in [1.54, 1.807) is 24.3 Å². The average Bonchev–Trinajstić information content (AvgIpc) is 2.67. The molecule has 1 heterocycles. The summed E-state index contributed by atoms with van der Waals surface area (Å²) in [6.45, 7) is 1.89. The first-order chi connectivity index (χ1) is 12.8. The first-order valence-electron chi connectivity index (χ1n) is 8.52. The van der Waals surface area contributed by atoms with E-state index in [4.69, 9.17) is 0 Å². The molecule has 0 saturated carbocycles. The monoisotopic (exact) mass is 382 g/mol. The standard InChI is InChI=1S/C20H22N4O2S/c1-15-13-20(24(2)3)23-19(22-15)14-21-27(25,26)18-11-9-17(10-12-18)16-7-5-4-6-8-16/h4-13,21H,14H2,1-3H3. The number of anilines is 1. The first kappa shape index (κ1) is 19.0. The third kappa shape index (κ3) is 4.69. The number of sulfonamides is 1. The Balaban J connectivity index is 1.75. The van der Waals surface area contributed by atoms with Crippen molar-refractivity contribution in [3.05, 3.63) is 72.2 Å². The highest BCUT2D eigenvalue weighted by molar-refractivity contribution is 7.89. The Morgan fingerprint density at radius 3 is 2.19 bits per heavy atom. The largest absolute Gasteiger partial charge is 0.363 e. The predicted molar refractivity (Wildman–Crippen MR) is 107 cm³/mol. The molecule has 0 fully saturated rings. The summed E-state index contributed by atoms with van der Waals surface area (Å²) in [4.78, 5) is 10.7. The third-order valence-electron chi connectivity index (χ3n) is 4.04. The van der Waals surface area contributed by atoms with E-state index in [0.717, 1.165) is 22.6 Å². The van der Waals surface area contributed by atoms with Gasteiger partial charge in [-0.15, -0.1) is 0 Å². The van der Waals surface area contributed by atoms with Crippen LogP contribution in [0.25, 0.3) is 11.1 Å². The van der Waals surface area contributed by atoms with Gasteiger partial charge in [-0.2, -0.15) is 0 Å². The number of aryl methyl sites for hydroxylation is 1. The zero-order valence-electron chi connectivity index (χ0n) is 15.5. The van der Waals surface area contributed by atoms with Gasteiger partial charge in [-0.1, -0.05) is 42.5 Å². The van der Waals surface area contributed by atoms with Gasteiger partial charge in [-0.05, 0) is 30.2 Å². The van der Waals surface area contributed by atoms with Crippen LogP contribution in [-0.2, 0) is 16.6 Å². The van der Waals surface area contributed by atoms with Crippen molar-refractivity contribution in [2.24, 2.45) is 0 Å². The molecule has 0 bridgehead atoms. The second-order valence-electron chi connectivity index (χ2n) is 6.39. The normalized spacial score (nSPS) is 11.4. The van der Waals surface area contributed by atoms with E-state index in [1.807, 2.05) is 62.3 Å². The number of nitrogens with one attached hydrogen (secondary N) is 1. The zero-order valence-corrected chi connectivity index (χ0v) is 16.4.